The van der Waals surface area contributed by atoms with Gasteiger partial charge >= 0.3 is 0 Å². The van der Waals surface area contributed by atoms with Gasteiger partial charge in [0.2, 0.25) is 17.7 Å². The van der Waals surface area contributed by atoms with E-state index >= 15 is 8.78 Å². The minimum Gasteiger partial charge on any atom is -0.390 e. The Morgan fingerprint density at radius 1 is 0.646 bits per heavy atom. The molecule has 22 heteroatoms. The molecule has 0 aromatic carbocycles. The Morgan fingerprint density at radius 3 is 1.49 bits per heavy atom. The van der Waals surface area contributed by atoms with E-state index in [4.69, 9.17) is 0 Å². The first-order chi connectivity index (χ1) is 37.0. The number of ketones is 2. The van der Waals surface area contributed by atoms with E-state index in [0.29, 0.717) is 56.1 Å². The van der Waals surface area contributed by atoms with Gasteiger partial charge in [-0.25, -0.2) is 19.6 Å². The van der Waals surface area contributed by atoms with E-state index in [9.17, 15) is 64.2 Å². The predicted molar refractivity (Wildman–Crippen MR) is 283 cm³/mol. The van der Waals surface area contributed by atoms with Gasteiger partial charge in [0.1, 0.15) is 30.5 Å². The zero-order chi connectivity index (χ0) is 58.1. The fourth-order valence-electron chi connectivity index (χ4n) is 16.6. The number of carbonyl (C=O) groups is 7. The lowest BCUT2D eigenvalue weighted by Gasteiger charge is -2.62. The number of allylic oxidation sites excluding steroid dienone is 8. The van der Waals surface area contributed by atoms with E-state index in [0.717, 1.165) is 0 Å². The van der Waals surface area contributed by atoms with Crippen LogP contribution in [0.5, 0.6) is 0 Å². The summed E-state index contributed by atoms with van der Waals surface area (Å²) in [6, 6.07) is -1.24. The third kappa shape index (κ3) is 9.18. The van der Waals surface area contributed by atoms with Crippen LogP contribution in [0.15, 0.2) is 57.8 Å². The number of aliphatic hydroxyl groups excluding tert-OH is 4. The van der Waals surface area contributed by atoms with Crippen molar-refractivity contribution in [3.05, 3.63) is 47.6 Å². The van der Waals surface area contributed by atoms with Crippen LogP contribution in [0.3, 0.4) is 0 Å². The second-order valence-corrected chi connectivity index (χ2v) is 24.7. The maximum Gasteiger partial charge on any atom is 0.259 e. The van der Waals surface area contributed by atoms with Gasteiger partial charge in [0, 0.05) is 46.3 Å². The van der Waals surface area contributed by atoms with Gasteiger partial charge in [-0.3, -0.25) is 33.6 Å². The van der Waals surface area contributed by atoms with Gasteiger partial charge in [-0.05, 0) is 126 Å². The van der Waals surface area contributed by atoms with Crippen LogP contribution in [-0.2, 0) is 33.6 Å². The number of hydrazone groups is 2. The fourth-order valence-corrected chi connectivity index (χ4v) is 16.6. The molecule has 0 heterocycles. The summed E-state index contributed by atoms with van der Waals surface area (Å²) in [5, 5.41) is 82.1. The summed E-state index contributed by atoms with van der Waals surface area (Å²) in [5.41, 5.74) is -6.51. The number of hydrogen-bond acceptors (Lipinski definition) is 15. The third-order valence-corrected chi connectivity index (χ3v) is 20.9. The van der Waals surface area contributed by atoms with Crippen molar-refractivity contribution in [3.8, 4) is 0 Å². The molecular formula is C57H79F2N7O13. The molecule has 79 heavy (non-hydrogen) atoms. The molecule has 434 valence electrons. The van der Waals surface area contributed by atoms with Crippen LogP contribution in [0.25, 0.3) is 0 Å². The van der Waals surface area contributed by atoms with Gasteiger partial charge in [-0.2, -0.15) is 10.2 Å². The zero-order valence-electron chi connectivity index (χ0n) is 46.2. The Kier molecular flexibility index (Phi) is 16.3. The number of nitrogens with zero attached hydrogens (tertiary/aromatic N) is 2. The van der Waals surface area contributed by atoms with E-state index in [1.165, 1.54) is 12.2 Å². The summed E-state index contributed by atoms with van der Waals surface area (Å²) in [6.45, 7) is 9.18. The number of fused-ring (bicyclic) bond motifs is 10. The lowest BCUT2D eigenvalue weighted by Crippen LogP contribution is -2.69. The van der Waals surface area contributed by atoms with Crippen LogP contribution >= 0.6 is 0 Å². The first-order valence-corrected chi connectivity index (χ1v) is 27.9. The van der Waals surface area contributed by atoms with Crippen LogP contribution in [0, 0.1) is 57.2 Å². The lowest BCUT2D eigenvalue weighted by atomic mass is 9.44. The van der Waals surface area contributed by atoms with Crippen LogP contribution in [0.2, 0.25) is 0 Å². The minimum atomic E-state index is -2.17. The Hall–Kier alpha value is -5.39. The van der Waals surface area contributed by atoms with Crippen molar-refractivity contribution in [2.75, 3.05) is 26.3 Å². The SMILES string of the molecule is CCCC(=O)N[C@@H](CCC(=O)NCC(=O)N/N=C1\C=C[C@@]2(C)C(=C1)CC[C@H]1[C@@H]3C[C@@H](C)[C@](O)(C(=O)CO)[C@@]3(C)C[C@H](O)[C@@]12F)C(=O)NCC(=O)N/N=C1\C=C[C@@]2(C)C(=C1)CC[C@H]1[C@@H]3C[C@@H](C)[C@](O)(C(=O)CO)[C@@]3(C)C[C@H](O)[C@@]12F. The standard InChI is InChI=1S/C57H79F2N7O13/c1-8-9-46(74)62-40(49(77)61-27-48(76)66-64-35-17-19-51(5)33(23-35)11-13-37-39-21-31(3)57(79,44(72)29-68)53(39,7)25-42(70)55(37,51)59)14-15-45(73)60-26-47(75)65-63-34-16-18-50(4)32(22-34)10-12-36-38-20-30(2)56(78,43(71)28-67)52(38,6)24-41(69)54(36,50)58/h16-19,22-23,30-31,36-42,67-70,78-79H,8-15,20-21,24-29H2,1-7H3,(H,60,73)(H,61,77)(H,62,74)(H,65,75)(H,66,76)/b63-34+,64-35+/t30-,31-,36+,37+,38+,39+,40+,41+,42+,50+,51+,52+,53+,54+,55+,56+,57+/m1/s1. The number of rotatable bonds is 17. The van der Waals surface area contributed by atoms with Crippen LogP contribution < -0.4 is 26.8 Å². The molecule has 0 bridgehead atoms. The molecule has 8 aliphatic rings. The largest absolute Gasteiger partial charge is 0.390 e. The number of amides is 5. The molecule has 17 atom stereocenters. The predicted octanol–water partition coefficient (Wildman–Crippen LogP) is 1.91. The summed E-state index contributed by atoms with van der Waals surface area (Å²) in [6.07, 6.45) is 8.23. The molecule has 8 rings (SSSR count). The quantitative estimate of drug-likeness (QED) is 0.0929. The topological polar surface area (TPSA) is 326 Å². The molecule has 6 fully saturated rings. The average molecular weight is 1110 g/mol. The van der Waals surface area contributed by atoms with Gasteiger partial charge in [-0.1, -0.05) is 57.9 Å². The van der Waals surface area contributed by atoms with Gasteiger partial charge in [-0.15, -0.1) is 0 Å². The molecular weight excluding hydrogens is 1030 g/mol. The normalized spacial score (nSPS) is 41.9. The van der Waals surface area contributed by atoms with Crippen molar-refractivity contribution in [3.63, 3.8) is 0 Å². The monoisotopic (exact) mass is 1110 g/mol. The van der Waals surface area contributed by atoms with Crippen LogP contribution in [0.1, 0.15) is 126 Å². The molecule has 5 amide bonds. The second kappa shape index (κ2) is 21.5. The molecule has 0 aliphatic heterocycles. The Bertz CT molecular complexity index is 2730. The first kappa shape index (κ1) is 59.7. The molecule has 11 N–H and O–H groups in total. The van der Waals surface area contributed by atoms with Gasteiger partial charge in [0.05, 0.1) is 36.7 Å². The number of aliphatic hydroxyl groups is 6. The molecule has 0 spiro atoms. The van der Waals surface area contributed by atoms with Gasteiger partial charge < -0.3 is 46.6 Å². The number of alkyl halides is 2. The average Bonchev–Trinajstić information content (AvgIpc) is 4.05. The summed E-state index contributed by atoms with van der Waals surface area (Å²) in [5.74, 6) is -8.25. The van der Waals surface area contributed by atoms with E-state index in [1.807, 2.05) is 0 Å². The zero-order valence-corrected chi connectivity index (χ0v) is 46.2. The first-order valence-electron chi connectivity index (χ1n) is 27.9. The molecule has 0 saturated heterocycles. The van der Waals surface area contributed by atoms with E-state index < -0.39 is 165 Å². The van der Waals surface area contributed by atoms with Gasteiger partial charge in [0.25, 0.3) is 11.8 Å². The van der Waals surface area contributed by atoms with Crippen LogP contribution in [-0.4, -0.2) is 150 Å². The minimum absolute atomic E-state index is 0.0814. The Balaban J connectivity index is 0.817. The second-order valence-electron chi connectivity index (χ2n) is 24.7. The molecule has 0 radical (unpaired) electrons. The fraction of sp³-hybridized carbons (Fsp3) is 0.702. The molecule has 0 aromatic heterocycles. The van der Waals surface area contributed by atoms with Crippen molar-refractivity contribution in [1.29, 1.82) is 0 Å². The Labute approximate surface area is 458 Å². The number of carbonyl (C=O) groups excluding carboxylic acids is 7. The summed E-state index contributed by atoms with van der Waals surface area (Å²) in [4.78, 5) is 90.7. The molecule has 0 aromatic rings. The number of Topliss-reactive ketones (excluding diaryl/α,β-unsaturated/α-hetero) is 2. The number of nitrogens with one attached hydrogen (secondary N) is 5. The van der Waals surface area contributed by atoms with E-state index in [2.05, 4.69) is 37.0 Å². The van der Waals surface area contributed by atoms with Crippen molar-refractivity contribution < 1.29 is 73.0 Å². The van der Waals surface area contributed by atoms with E-state index in [1.54, 1.807) is 72.8 Å². The molecule has 0 unspecified atom stereocenters. The number of halogens is 2. The molecule has 6 saturated carbocycles. The summed E-state index contributed by atoms with van der Waals surface area (Å²) >= 11 is 0. The highest BCUT2D eigenvalue weighted by molar-refractivity contribution is 6.07. The van der Waals surface area contributed by atoms with E-state index in [-0.39, 0.29) is 43.5 Å². The smallest absolute Gasteiger partial charge is 0.259 e. The van der Waals surface area contributed by atoms with Crippen LogP contribution in [0.4, 0.5) is 8.78 Å². The number of hydrogen-bond donors (Lipinski definition) is 11. The molecule has 8 aliphatic carbocycles. The highest BCUT2D eigenvalue weighted by Gasteiger charge is 2.77. The third-order valence-electron chi connectivity index (χ3n) is 20.9. The molecule has 20 nitrogen and oxygen atoms in total. The van der Waals surface area contributed by atoms with Crippen molar-refractivity contribution in [1.82, 2.24) is 26.8 Å². The van der Waals surface area contributed by atoms with Crippen molar-refractivity contribution in [2.24, 2.45) is 67.4 Å². The Morgan fingerprint density at radius 2 is 1.08 bits per heavy atom. The maximum atomic E-state index is 17.8. The lowest BCUT2D eigenvalue weighted by molar-refractivity contribution is -0.219. The highest BCUT2D eigenvalue weighted by atomic mass is 19.1. The summed E-state index contributed by atoms with van der Waals surface area (Å²) in [7, 11) is 0. The van der Waals surface area contributed by atoms with Crippen molar-refractivity contribution in [2.45, 2.75) is 166 Å². The summed E-state index contributed by atoms with van der Waals surface area (Å²) < 4.78 is 35.6. The highest BCUT2D eigenvalue weighted by Crippen LogP contribution is 2.72. The van der Waals surface area contributed by atoms with Gasteiger partial charge in [0.15, 0.2) is 22.9 Å². The maximum absolute atomic E-state index is 17.8. The van der Waals surface area contributed by atoms with Crippen molar-refractivity contribution >= 4 is 52.5 Å².